The number of anilines is 1. The molecule has 2 aromatic heterocycles. The topological polar surface area (TPSA) is 75.9 Å². The summed E-state index contributed by atoms with van der Waals surface area (Å²) in [6, 6.07) is 7.86. The number of rotatable bonds is 4. The van der Waals surface area contributed by atoms with E-state index >= 15 is 0 Å². The van der Waals surface area contributed by atoms with E-state index in [1.54, 1.807) is 4.68 Å². The van der Waals surface area contributed by atoms with Gasteiger partial charge in [0.2, 0.25) is 5.91 Å². The van der Waals surface area contributed by atoms with Gasteiger partial charge in [0.1, 0.15) is 0 Å². The summed E-state index contributed by atoms with van der Waals surface area (Å²) in [5.74, 6) is 1.20. The van der Waals surface area contributed by atoms with Crippen LogP contribution in [-0.4, -0.2) is 50.4 Å². The molecule has 1 fully saturated rings. The highest BCUT2D eigenvalue weighted by atomic mass is 16.2. The molecule has 0 aliphatic carbocycles. The fourth-order valence-electron chi connectivity index (χ4n) is 3.46. The number of carbonyl (C=O) groups is 1. The van der Waals surface area contributed by atoms with Gasteiger partial charge in [-0.25, -0.2) is 0 Å². The second-order valence-corrected chi connectivity index (χ2v) is 7.41. The number of hydrogen-bond acceptors (Lipinski definition) is 5. The van der Waals surface area contributed by atoms with Crippen LogP contribution in [-0.2, 0) is 11.8 Å². The van der Waals surface area contributed by atoms with Crippen LogP contribution in [0.1, 0.15) is 19.8 Å². The minimum absolute atomic E-state index is 0.0402. The monoisotopic (exact) mass is 364 g/mol. The molecule has 3 heterocycles. The third kappa shape index (κ3) is 4.14. The summed E-state index contributed by atoms with van der Waals surface area (Å²) < 4.78 is 1.78. The quantitative estimate of drug-likeness (QED) is 0.770. The van der Waals surface area contributed by atoms with Crippen LogP contribution in [0.2, 0.25) is 0 Å². The van der Waals surface area contributed by atoms with Gasteiger partial charge in [-0.3, -0.25) is 14.4 Å². The van der Waals surface area contributed by atoms with Gasteiger partial charge in [0.25, 0.3) is 0 Å². The highest BCUT2D eigenvalue weighted by Gasteiger charge is 2.18. The number of piperidine rings is 1. The van der Waals surface area contributed by atoms with Gasteiger partial charge in [-0.15, -0.1) is 10.2 Å². The van der Waals surface area contributed by atoms with Crippen LogP contribution in [0.15, 0.2) is 36.7 Å². The molecule has 1 aromatic carbocycles. The molecule has 0 bridgehead atoms. The van der Waals surface area contributed by atoms with Crippen molar-refractivity contribution in [2.75, 3.05) is 25.0 Å². The van der Waals surface area contributed by atoms with Gasteiger partial charge in [-0.2, -0.15) is 5.10 Å². The van der Waals surface area contributed by atoms with Crippen molar-refractivity contribution in [1.82, 2.24) is 24.9 Å². The molecule has 0 atom stereocenters. The lowest BCUT2D eigenvalue weighted by molar-refractivity contribution is -0.117. The molecule has 1 saturated heterocycles. The fourth-order valence-corrected chi connectivity index (χ4v) is 3.46. The zero-order valence-corrected chi connectivity index (χ0v) is 15.7. The van der Waals surface area contributed by atoms with E-state index in [9.17, 15) is 4.79 Å². The third-order valence-electron chi connectivity index (χ3n) is 5.13. The molecule has 1 aliphatic rings. The van der Waals surface area contributed by atoms with Crippen molar-refractivity contribution in [3.63, 3.8) is 0 Å². The number of hydrogen-bond donors (Lipinski definition) is 1. The van der Waals surface area contributed by atoms with Gasteiger partial charge < -0.3 is 5.32 Å². The van der Waals surface area contributed by atoms with E-state index < -0.39 is 0 Å². The molecule has 0 unspecified atom stereocenters. The largest absolute Gasteiger partial charge is 0.308 e. The van der Waals surface area contributed by atoms with Gasteiger partial charge >= 0.3 is 0 Å². The van der Waals surface area contributed by atoms with E-state index in [1.807, 2.05) is 43.7 Å². The Labute approximate surface area is 158 Å². The van der Waals surface area contributed by atoms with Crippen LogP contribution in [0.4, 0.5) is 5.82 Å². The normalized spacial score (nSPS) is 15.9. The van der Waals surface area contributed by atoms with Gasteiger partial charge in [-0.05, 0) is 55.6 Å². The predicted molar refractivity (Wildman–Crippen MR) is 105 cm³/mol. The Hall–Kier alpha value is -2.80. The van der Waals surface area contributed by atoms with Gasteiger partial charge in [0, 0.05) is 24.2 Å². The van der Waals surface area contributed by atoms with Gasteiger partial charge in [-0.1, -0.05) is 13.0 Å². The number of aromatic nitrogens is 4. The zero-order valence-electron chi connectivity index (χ0n) is 15.7. The van der Waals surface area contributed by atoms with Crippen molar-refractivity contribution in [2.45, 2.75) is 19.8 Å². The molecule has 1 amide bonds. The van der Waals surface area contributed by atoms with Crippen molar-refractivity contribution in [1.29, 1.82) is 0 Å². The standard InChI is InChI=1S/C20H24N6O/c1-14-5-7-26(8-6-14)13-20(27)22-19-10-16-9-15(3-4-18(16)23-24-19)17-11-21-25(2)12-17/h3-4,9-12,14H,5-8,13H2,1-2H3,(H,22,24,27). The molecule has 7 heteroatoms. The lowest BCUT2D eigenvalue weighted by Gasteiger charge is -2.29. The highest BCUT2D eigenvalue weighted by molar-refractivity contribution is 5.93. The van der Waals surface area contributed by atoms with Crippen LogP contribution >= 0.6 is 0 Å². The van der Waals surface area contributed by atoms with Gasteiger partial charge in [0.05, 0.1) is 18.3 Å². The molecular formula is C20H24N6O. The Bertz CT molecular complexity index is 958. The van der Waals surface area contributed by atoms with E-state index in [0.29, 0.717) is 12.4 Å². The lowest BCUT2D eigenvalue weighted by Crippen LogP contribution is -2.38. The Kier molecular flexibility index (Phi) is 4.85. The highest BCUT2D eigenvalue weighted by Crippen LogP contribution is 2.24. The second-order valence-electron chi connectivity index (χ2n) is 7.41. The summed E-state index contributed by atoms with van der Waals surface area (Å²) in [7, 11) is 1.90. The molecular weight excluding hydrogens is 340 g/mol. The average molecular weight is 364 g/mol. The number of nitrogens with zero attached hydrogens (tertiary/aromatic N) is 5. The average Bonchev–Trinajstić information content (AvgIpc) is 3.09. The molecule has 0 saturated carbocycles. The maximum Gasteiger partial charge on any atom is 0.239 e. The van der Waals surface area contributed by atoms with E-state index in [2.05, 4.69) is 32.4 Å². The lowest BCUT2D eigenvalue weighted by atomic mass is 9.99. The number of benzene rings is 1. The Morgan fingerprint density at radius 1 is 1.19 bits per heavy atom. The molecule has 4 rings (SSSR count). The molecule has 7 nitrogen and oxygen atoms in total. The Morgan fingerprint density at radius 3 is 2.74 bits per heavy atom. The summed E-state index contributed by atoms with van der Waals surface area (Å²) in [6.07, 6.45) is 6.11. The van der Waals surface area contributed by atoms with Crippen molar-refractivity contribution in [3.05, 3.63) is 36.7 Å². The zero-order chi connectivity index (χ0) is 18.8. The molecule has 0 radical (unpaired) electrons. The number of carbonyl (C=O) groups excluding carboxylic acids is 1. The molecule has 27 heavy (non-hydrogen) atoms. The van der Waals surface area contributed by atoms with Crippen molar-refractivity contribution in [3.8, 4) is 11.1 Å². The summed E-state index contributed by atoms with van der Waals surface area (Å²) >= 11 is 0. The molecule has 3 aromatic rings. The van der Waals surface area contributed by atoms with E-state index in [0.717, 1.165) is 53.9 Å². The SMILES string of the molecule is CC1CCN(CC(=O)Nc2cc3cc(-c4cnn(C)c4)ccc3nn2)CC1. The van der Waals surface area contributed by atoms with Crippen molar-refractivity contribution >= 4 is 22.6 Å². The summed E-state index contributed by atoms with van der Waals surface area (Å²) in [4.78, 5) is 14.6. The molecule has 0 spiro atoms. The molecule has 140 valence electrons. The maximum absolute atomic E-state index is 12.4. The van der Waals surface area contributed by atoms with Crippen LogP contribution in [0.5, 0.6) is 0 Å². The Morgan fingerprint density at radius 2 is 2.00 bits per heavy atom. The second kappa shape index (κ2) is 7.44. The number of likely N-dealkylation sites (tertiary alicyclic amines) is 1. The first kappa shape index (κ1) is 17.6. The predicted octanol–water partition coefficient (Wildman–Crippen LogP) is 2.70. The smallest absolute Gasteiger partial charge is 0.239 e. The van der Waals surface area contributed by atoms with Crippen molar-refractivity contribution < 1.29 is 4.79 Å². The number of fused-ring (bicyclic) bond motifs is 1. The van der Waals surface area contributed by atoms with E-state index in [-0.39, 0.29) is 5.91 Å². The van der Waals surface area contributed by atoms with Crippen LogP contribution in [0.25, 0.3) is 22.0 Å². The Balaban J connectivity index is 1.48. The number of amides is 1. The summed E-state index contributed by atoms with van der Waals surface area (Å²) in [6.45, 7) is 4.63. The third-order valence-corrected chi connectivity index (χ3v) is 5.13. The summed E-state index contributed by atoms with van der Waals surface area (Å²) in [5, 5.41) is 16.4. The fraction of sp³-hybridized carbons (Fsp3) is 0.400. The van der Waals surface area contributed by atoms with Crippen molar-refractivity contribution in [2.24, 2.45) is 13.0 Å². The number of nitrogens with one attached hydrogen (secondary N) is 1. The van der Waals surface area contributed by atoms with Crippen LogP contribution in [0.3, 0.4) is 0 Å². The maximum atomic E-state index is 12.4. The minimum Gasteiger partial charge on any atom is -0.308 e. The molecule has 1 aliphatic heterocycles. The number of aryl methyl sites for hydroxylation is 1. The van der Waals surface area contributed by atoms with Crippen LogP contribution in [0, 0.1) is 5.92 Å². The first-order valence-electron chi connectivity index (χ1n) is 9.35. The van der Waals surface area contributed by atoms with Gasteiger partial charge in [0.15, 0.2) is 5.82 Å². The first-order chi connectivity index (χ1) is 13.1. The van der Waals surface area contributed by atoms with E-state index in [4.69, 9.17) is 0 Å². The minimum atomic E-state index is -0.0402. The van der Waals surface area contributed by atoms with Crippen LogP contribution < -0.4 is 5.32 Å². The first-order valence-corrected chi connectivity index (χ1v) is 9.35. The van der Waals surface area contributed by atoms with E-state index in [1.165, 1.54) is 0 Å². The summed E-state index contributed by atoms with van der Waals surface area (Å²) in [5.41, 5.74) is 2.90. The molecule has 1 N–H and O–H groups in total.